The van der Waals surface area contributed by atoms with Gasteiger partial charge < -0.3 is 9.68 Å². The Hall–Kier alpha value is -1.60. The van der Waals surface area contributed by atoms with Gasteiger partial charge in [-0.05, 0) is 5.41 Å². The van der Waals surface area contributed by atoms with Crippen molar-refractivity contribution in [3.05, 3.63) is 20.2 Å². The van der Waals surface area contributed by atoms with Crippen LogP contribution in [0, 0.1) is 25.6 Å². The molecule has 0 radical (unpaired) electrons. The van der Waals surface area contributed by atoms with Crippen molar-refractivity contribution in [1.82, 2.24) is 0 Å². The molecule has 8 heteroatoms. The Morgan fingerprint density at radius 2 is 1.71 bits per heavy atom. The molecule has 1 unspecified atom stereocenters. The summed E-state index contributed by atoms with van der Waals surface area (Å²) in [6.07, 6.45) is -0.970. The molecule has 0 aliphatic rings. The Bertz CT molecular complexity index is 223. The Balaban J connectivity index is 4.26. The van der Waals surface area contributed by atoms with Crippen LogP contribution >= 0.6 is 0 Å². The molecule has 0 aliphatic heterocycles. The van der Waals surface area contributed by atoms with Gasteiger partial charge in [-0.15, -0.1) is 20.2 Å². The number of rotatable bonds is 5. The molecule has 8 nitrogen and oxygen atoms in total. The number of hydrogen-bond acceptors (Lipinski definition) is 6. The van der Waals surface area contributed by atoms with Crippen molar-refractivity contribution in [2.24, 2.45) is 5.41 Å². The molecule has 0 heterocycles. The highest BCUT2D eigenvalue weighted by Crippen LogP contribution is 2.22. The molecular weight excluding hydrogens is 196 g/mol. The first-order valence-corrected chi connectivity index (χ1v) is 3.82. The number of nitrogens with zero attached hydrogens (tertiary/aromatic N) is 2. The van der Waals surface area contributed by atoms with Crippen molar-refractivity contribution < 1.29 is 19.8 Å². The summed E-state index contributed by atoms with van der Waals surface area (Å²) >= 11 is 0. The van der Waals surface area contributed by atoms with E-state index in [1.165, 1.54) is 0 Å². The largest absolute Gasteiger partial charge is 0.312 e. The highest BCUT2D eigenvalue weighted by Gasteiger charge is 2.29. The minimum absolute atomic E-state index is 0.461. The van der Waals surface area contributed by atoms with E-state index in [1.54, 1.807) is 20.8 Å². The summed E-state index contributed by atoms with van der Waals surface area (Å²) in [6, 6.07) is 0. The van der Waals surface area contributed by atoms with Crippen LogP contribution in [0.15, 0.2) is 0 Å². The summed E-state index contributed by atoms with van der Waals surface area (Å²) in [6.45, 7) is 4.51. The summed E-state index contributed by atoms with van der Waals surface area (Å²) < 4.78 is 0. The molecule has 14 heavy (non-hydrogen) atoms. The van der Waals surface area contributed by atoms with Crippen LogP contribution in [0.2, 0.25) is 0 Å². The van der Waals surface area contributed by atoms with Crippen LogP contribution in [0.3, 0.4) is 0 Å². The van der Waals surface area contributed by atoms with Gasteiger partial charge in [-0.2, -0.15) is 0 Å². The smallest absolute Gasteiger partial charge is 0.294 e. The van der Waals surface area contributed by atoms with Gasteiger partial charge in [0.2, 0.25) is 0 Å². The van der Waals surface area contributed by atoms with Crippen molar-refractivity contribution in [2.45, 2.75) is 26.9 Å². The second-order valence-electron chi connectivity index (χ2n) is 3.70. The van der Waals surface area contributed by atoms with Crippen molar-refractivity contribution in [3.63, 3.8) is 0 Å². The zero-order valence-corrected chi connectivity index (χ0v) is 8.13. The van der Waals surface area contributed by atoms with Crippen molar-refractivity contribution >= 4 is 0 Å². The maximum Gasteiger partial charge on any atom is 0.294 e. The molecule has 0 aromatic rings. The molecule has 0 aromatic heterocycles. The molecule has 0 saturated carbocycles. The van der Waals surface area contributed by atoms with E-state index < -0.39 is 28.3 Å². The average molecular weight is 208 g/mol. The summed E-state index contributed by atoms with van der Waals surface area (Å²) in [5.41, 5.74) is -0.608. The van der Waals surface area contributed by atoms with Crippen LogP contribution in [0.25, 0.3) is 0 Å². The lowest BCUT2D eigenvalue weighted by Gasteiger charge is -2.27. The van der Waals surface area contributed by atoms with Crippen LogP contribution in [-0.4, -0.2) is 22.9 Å². The van der Waals surface area contributed by atoms with E-state index in [0.717, 1.165) is 0 Å². The van der Waals surface area contributed by atoms with E-state index in [2.05, 4.69) is 9.68 Å². The van der Waals surface area contributed by atoms with E-state index in [4.69, 9.17) is 0 Å². The van der Waals surface area contributed by atoms with Gasteiger partial charge in [0.25, 0.3) is 10.2 Å². The van der Waals surface area contributed by atoms with Gasteiger partial charge in [-0.1, -0.05) is 20.8 Å². The molecule has 0 N–H and O–H groups in total. The van der Waals surface area contributed by atoms with Gasteiger partial charge in [0, 0.05) is 0 Å². The van der Waals surface area contributed by atoms with Gasteiger partial charge in [-0.3, -0.25) is 0 Å². The fourth-order valence-corrected chi connectivity index (χ4v) is 0.671. The Kier molecular flexibility index (Phi) is 4.06. The second-order valence-corrected chi connectivity index (χ2v) is 3.70. The highest BCUT2D eigenvalue weighted by molar-refractivity contribution is 4.72. The van der Waals surface area contributed by atoms with E-state index >= 15 is 0 Å². The Morgan fingerprint density at radius 1 is 1.21 bits per heavy atom. The van der Waals surface area contributed by atoms with Crippen LogP contribution in [-0.2, 0) is 9.68 Å². The molecule has 0 saturated heterocycles. The zero-order valence-electron chi connectivity index (χ0n) is 8.13. The van der Waals surface area contributed by atoms with E-state index in [9.17, 15) is 20.2 Å². The lowest BCUT2D eigenvalue weighted by Crippen LogP contribution is -2.36. The van der Waals surface area contributed by atoms with Crippen LogP contribution in [0.4, 0.5) is 0 Å². The fourth-order valence-electron chi connectivity index (χ4n) is 0.671. The second kappa shape index (κ2) is 4.58. The first-order valence-electron chi connectivity index (χ1n) is 3.82. The summed E-state index contributed by atoms with van der Waals surface area (Å²) in [4.78, 5) is 28.2. The third kappa shape index (κ3) is 5.12. The zero-order chi connectivity index (χ0) is 11.4. The predicted octanol–water partition coefficient (Wildman–Crippen LogP) is 0.818. The molecule has 0 fully saturated rings. The summed E-state index contributed by atoms with van der Waals surface area (Å²) in [5, 5.41) is 17.9. The van der Waals surface area contributed by atoms with Gasteiger partial charge >= 0.3 is 0 Å². The quantitative estimate of drug-likeness (QED) is 0.489. The minimum Gasteiger partial charge on any atom is -0.312 e. The third-order valence-electron chi connectivity index (χ3n) is 1.51. The Labute approximate surface area is 80.0 Å². The fraction of sp³-hybridized carbons (Fsp3) is 1.00. The average Bonchev–Trinajstić information content (AvgIpc) is 1.94. The SMILES string of the molecule is CC(C)(C)C(CO[N+](=O)[O-])O[N+](=O)[O-]. The molecule has 0 aromatic carbocycles. The van der Waals surface area contributed by atoms with Crippen molar-refractivity contribution in [2.75, 3.05) is 6.61 Å². The number of hydrogen-bond donors (Lipinski definition) is 0. The van der Waals surface area contributed by atoms with Crippen LogP contribution in [0.5, 0.6) is 0 Å². The lowest BCUT2D eigenvalue weighted by atomic mass is 9.90. The first kappa shape index (κ1) is 12.4. The normalized spacial score (nSPS) is 13.1. The third-order valence-corrected chi connectivity index (χ3v) is 1.51. The molecule has 82 valence electrons. The van der Waals surface area contributed by atoms with Crippen molar-refractivity contribution in [1.29, 1.82) is 0 Å². The molecule has 0 aliphatic carbocycles. The van der Waals surface area contributed by atoms with Gasteiger partial charge in [0.15, 0.2) is 0 Å². The van der Waals surface area contributed by atoms with E-state index in [1.807, 2.05) is 0 Å². The molecule has 0 bridgehead atoms. The van der Waals surface area contributed by atoms with E-state index in [0.29, 0.717) is 0 Å². The predicted molar refractivity (Wildman–Crippen MR) is 44.3 cm³/mol. The summed E-state index contributed by atoms with van der Waals surface area (Å²) in [5.74, 6) is 0. The molecule has 0 rings (SSSR count). The molecule has 0 amide bonds. The van der Waals surface area contributed by atoms with Gasteiger partial charge in [-0.25, -0.2) is 0 Å². The standard InChI is InChI=1S/C6H12N2O6/c1-6(2,3)5(14-8(11)12)4-13-7(9)10/h5H,4H2,1-3H3. The molecular formula is C6H12N2O6. The molecule has 1 atom stereocenters. The molecule has 0 spiro atoms. The summed E-state index contributed by atoms with van der Waals surface area (Å²) in [7, 11) is 0. The maximum atomic E-state index is 10.1. The van der Waals surface area contributed by atoms with Gasteiger partial charge in [0.05, 0.1) is 0 Å². The maximum absolute atomic E-state index is 10.1. The topological polar surface area (TPSA) is 105 Å². The van der Waals surface area contributed by atoms with Crippen LogP contribution in [0.1, 0.15) is 20.8 Å². The lowest BCUT2D eigenvalue weighted by molar-refractivity contribution is -0.793. The minimum atomic E-state index is -1.01. The van der Waals surface area contributed by atoms with E-state index in [-0.39, 0.29) is 0 Å². The van der Waals surface area contributed by atoms with Gasteiger partial charge in [0.1, 0.15) is 12.7 Å². The van der Waals surface area contributed by atoms with Crippen LogP contribution < -0.4 is 0 Å². The monoisotopic (exact) mass is 208 g/mol. The Morgan fingerprint density at radius 3 is 2.00 bits per heavy atom. The highest BCUT2D eigenvalue weighted by atomic mass is 17.0. The van der Waals surface area contributed by atoms with Crippen molar-refractivity contribution in [3.8, 4) is 0 Å². The first-order chi connectivity index (χ1) is 6.23.